The minimum absolute atomic E-state index is 0.0361. The smallest absolute Gasteiger partial charge is 0.387 e. The maximum absolute atomic E-state index is 12.4. The highest BCUT2D eigenvalue weighted by Gasteiger charge is 2.15. The van der Waals surface area contributed by atoms with Crippen molar-refractivity contribution in [3.63, 3.8) is 0 Å². The summed E-state index contributed by atoms with van der Waals surface area (Å²) in [5, 5.41) is 20.6. The number of hydrogen-bond acceptors (Lipinski definition) is 5. The van der Waals surface area contributed by atoms with Crippen molar-refractivity contribution in [2.45, 2.75) is 19.3 Å². The van der Waals surface area contributed by atoms with E-state index in [-0.39, 0.29) is 31.2 Å². The lowest BCUT2D eigenvalue weighted by Gasteiger charge is -2.15. The number of benzene rings is 1. The van der Waals surface area contributed by atoms with E-state index in [0.717, 1.165) is 0 Å². The third-order valence-corrected chi connectivity index (χ3v) is 2.39. The van der Waals surface area contributed by atoms with Gasteiger partial charge in [0.25, 0.3) is 0 Å². The monoisotopic (exact) mass is 277 g/mol. The summed E-state index contributed by atoms with van der Waals surface area (Å²) in [5.74, 6) is 0.174. The number of aliphatic hydroxyl groups excluding tert-OH is 2. The van der Waals surface area contributed by atoms with Crippen molar-refractivity contribution in [1.82, 2.24) is 5.32 Å². The van der Waals surface area contributed by atoms with Crippen LogP contribution >= 0.6 is 0 Å². The fourth-order valence-electron chi connectivity index (χ4n) is 1.52. The van der Waals surface area contributed by atoms with Crippen LogP contribution in [-0.4, -0.2) is 43.2 Å². The van der Waals surface area contributed by atoms with E-state index in [1.807, 2.05) is 0 Å². The Hall–Kier alpha value is -1.44. The Morgan fingerprint density at radius 3 is 2.68 bits per heavy atom. The fraction of sp³-hybridized carbons (Fsp3) is 0.500. The fourth-order valence-corrected chi connectivity index (χ4v) is 1.52. The standard InChI is InChI=1S/C12H17F2NO4/c1-18-10-4-2-3-8(11(10)19-12(13)14)5-15-6-9(17)7-16/h2-4,9,12,15-17H,5-7H2,1H3. The summed E-state index contributed by atoms with van der Waals surface area (Å²) in [6.45, 7) is -2.97. The first-order valence-corrected chi connectivity index (χ1v) is 5.68. The number of alkyl halides is 2. The average Bonchev–Trinajstić information content (AvgIpc) is 2.39. The number of hydrogen-bond donors (Lipinski definition) is 3. The molecule has 3 N–H and O–H groups in total. The summed E-state index contributed by atoms with van der Waals surface area (Å²) in [7, 11) is 1.36. The van der Waals surface area contributed by atoms with E-state index < -0.39 is 12.7 Å². The molecule has 108 valence electrons. The molecule has 0 fully saturated rings. The molecule has 0 spiro atoms. The van der Waals surface area contributed by atoms with Crippen LogP contribution in [0.3, 0.4) is 0 Å². The molecule has 1 aromatic carbocycles. The molecular formula is C12H17F2NO4. The second-order valence-corrected chi connectivity index (χ2v) is 3.79. The Bertz CT molecular complexity index is 390. The van der Waals surface area contributed by atoms with Crippen LogP contribution in [0.5, 0.6) is 11.5 Å². The molecule has 0 bridgehead atoms. The minimum atomic E-state index is -2.95. The minimum Gasteiger partial charge on any atom is -0.493 e. The summed E-state index contributed by atoms with van der Waals surface area (Å²) >= 11 is 0. The molecule has 0 aromatic heterocycles. The molecule has 0 aliphatic rings. The Kier molecular flexibility index (Phi) is 6.48. The number of para-hydroxylation sites is 1. The number of ether oxygens (including phenoxy) is 2. The molecule has 0 aliphatic carbocycles. The van der Waals surface area contributed by atoms with Gasteiger partial charge in [-0.3, -0.25) is 0 Å². The van der Waals surface area contributed by atoms with Crippen molar-refractivity contribution in [3.05, 3.63) is 23.8 Å². The molecule has 1 rings (SSSR count). The molecule has 7 heteroatoms. The van der Waals surface area contributed by atoms with Gasteiger partial charge in [-0.15, -0.1) is 0 Å². The zero-order valence-corrected chi connectivity index (χ0v) is 10.5. The number of methoxy groups -OCH3 is 1. The summed E-state index contributed by atoms with van der Waals surface area (Å²) in [4.78, 5) is 0. The SMILES string of the molecule is COc1cccc(CNCC(O)CO)c1OC(F)F. The third kappa shape index (κ3) is 4.98. The van der Waals surface area contributed by atoms with Crippen LogP contribution in [0.1, 0.15) is 5.56 Å². The second-order valence-electron chi connectivity index (χ2n) is 3.79. The van der Waals surface area contributed by atoms with Crippen LogP contribution in [0, 0.1) is 0 Å². The predicted octanol–water partition coefficient (Wildman–Crippen LogP) is 0.739. The van der Waals surface area contributed by atoms with Gasteiger partial charge in [0.1, 0.15) is 0 Å². The van der Waals surface area contributed by atoms with Crippen LogP contribution < -0.4 is 14.8 Å². The predicted molar refractivity (Wildman–Crippen MR) is 64.4 cm³/mol. The van der Waals surface area contributed by atoms with Crippen LogP contribution in [0.4, 0.5) is 8.78 Å². The molecule has 0 aliphatic heterocycles. The van der Waals surface area contributed by atoms with Crippen molar-refractivity contribution in [1.29, 1.82) is 0 Å². The summed E-state index contributed by atoms with van der Waals surface area (Å²) in [6, 6.07) is 4.78. The number of nitrogens with one attached hydrogen (secondary N) is 1. The van der Waals surface area contributed by atoms with Gasteiger partial charge in [0.15, 0.2) is 11.5 Å². The van der Waals surface area contributed by atoms with E-state index in [0.29, 0.717) is 5.56 Å². The first kappa shape index (κ1) is 15.6. The lowest BCUT2D eigenvalue weighted by molar-refractivity contribution is -0.0519. The zero-order valence-electron chi connectivity index (χ0n) is 10.5. The van der Waals surface area contributed by atoms with Gasteiger partial charge in [0.05, 0.1) is 19.8 Å². The van der Waals surface area contributed by atoms with Crippen LogP contribution in [0.15, 0.2) is 18.2 Å². The Labute approximate surface area is 109 Å². The van der Waals surface area contributed by atoms with Gasteiger partial charge in [-0.05, 0) is 6.07 Å². The van der Waals surface area contributed by atoms with Crippen molar-refractivity contribution < 1.29 is 28.5 Å². The molecule has 1 atom stereocenters. The maximum atomic E-state index is 12.4. The summed E-state index contributed by atoms with van der Waals surface area (Å²) in [6.07, 6.45) is -0.898. The van der Waals surface area contributed by atoms with E-state index in [4.69, 9.17) is 14.9 Å². The third-order valence-electron chi connectivity index (χ3n) is 2.39. The Morgan fingerprint density at radius 1 is 1.37 bits per heavy atom. The van der Waals surface area contributed by atoms with E-state index in [1.165, 1.54) is 13.2 Å². The van der Waals surface area contributed by atoms with Gasteiger partial charge in [0, 0.05) is 18.7 Å². The topological polar surface area (TPSA) is 71.0 Å². The molecular weight excluding hydrogens is 260 g/mol. The molecule has 19 heavy (non-hydrogen) atoms. The molecule has 1 unspecified atom stereocenters. The normalized spacial score (nSPS) is 12.5. The number of aliphatic hydroxyl groups is 2. The van der Waals surface area contributed by atoms with Crippen molar-refractivity contribution >= 4 is 0 Å². The van der Waals surface area contributed by atoms with E-state index in [2.05, 4.69) is 10.1 Å². The highest BCUT2D eigenvalue weighted by Crippen LogP contribution is 2.32. The maximum Gasteiger partial charge on any atom is 0.387 e. The number of rotatable bonds is 8. The van der Waals surface area contributed by atoms with Crippen LogP contribution in [0.2, 0.25) is 0 Å². The highest BCUT2D eigenvalue weighted by molar-refractivity contribution is 5.46. The average molecular weight is 277 g/mol. The zero-order chi connectivity index (χ0) is 14.3. The Balaban J connectivity index is 2.75. The van der Waals surface area contributed by atoms with E-state index in [9.17, 15) is 8.78 Å². The molecule has 0 amide bonds. The highest BCUT2D eigenvalue weighted by atomic mass is 19.3. The van der Waals surface area contributed by atoms with Crippen molar-refractivity contribution in [2.24, 2.45) is 0 Å². The second kappa shape index (κ2) is 7.88. The molecule has 0 radical (unpaired) electrons. The lowest BCUT2D eigenvalue weighted by Crippen LogP contribution is -2.29. The molecule has 1 aromatic rings. The molecule has 5 nitrogen and oxygen atoms in total. The lowest BCUT2D eigenvalue weighted by atomic mass is 10.2. The first-order valence-electron chi connectivity index (χ1n) is 5.68. The van der Waals surface area contributed by atoms with Crippen molar-refractivity contribution in [2.75, 3.05) is 20.3 Å². The van der Waals surface area contributed by atoms with E-state index >= 15 is 0 Å². The van der Waals surface area contributed by atoms with Crippen LogP contribution in [0.25, 0.3) is 0 Å². The van der Waals surface area contributed by atoms with E-state index in [1.54, 1.807) is 12.1 Å². The van der Waals surface area contributed by atoms with Gasteiger partial charge in [-0.25, -0.2) is 0 Å². The largest absolute Gasteiger partial charge is 0.493 e. The van der Waals surface area contributed by atoms with Gasteiger partial charge in [-0.1, -0.05) is 12.1 Å². The van der Waals surface area contributed by atoms with Gasteiger partial charge >= 0.3 is 6.61 Å². The molecule has 0 saturated heterocycles. The van der Waals surface area contributed by atoms with Gasteiger partial charge in [0.2, 0.25) is 0 Å². The summed E-state index contributed by atoms with van der Waals surface area (Å²) in [5.41, 5.74) is 0.477. The van der Waals surface area contributed by atoms with Gasteiger partial charge < -0.3 is 25.0 Å². The van der Waals surface area contributed by atoms with Crippen LogP contribution in [-0.2, 0) is 6.54 Å². The summed E-state index contributed by atoms with van der Waals surface area (Å²) < 4.78 is 34.1. The van der Waals surface area contributed by atoms with Gasteiger partial charge in [-0.2, -0.15) is 8.78 Å². The number of halogens is 2. The first-order chi connectivity index (χ1) is 9.08. The molecule has 0 heterocycles. The molecule has 0 saturated carbocycles. The quantitative estimate of drug-likeness (QED) is 0.654. The van der Waals surface area contributed by atoms with Crippen molar-refractivity contribution in [3.8, 4) is 11.5 Å². The Morgan fingerprint density at radius 2 is 2.11 bits per heavy atom.